The Bertz CT molecular complexity index is 549. The van der Waals surface area contributed by atoms with E-state index in [9.17, 15) is 4.79 Å². The van der Waals surface area contributed by atoms with Gasteiger partial charge in [-0.05, 0) is 36.2 Å². The SMILES string of the molecule is CNC(=O)CN1CCC(NC2CC(c3ccccc3)C2(C)C)CC1. The largest absolute Gasteiger partial charge is 0.358 e. The molecule has 2 atom stereocenters. The van der Waals surface area contributed by atoms with Crippen molar-refractivity contribution in [3.8, 4) is 0 Å². The van der Waals surface area contributed by atoms with Gasteiger partial charge in [0, 0.05) is 32.2 Å². The fraction of sp³-hybridized carbons (Fsp3) is 0.650. The second-order valence-corrected chi connectivity index (χ2v) is 7.96. The standard InChI is InChI=1S/C20H31N3O/c1-20(2)17(15-7-5-4-6-8-15)13-18(20)22-16-9-11-23(12-10-16)14-19(24)21-3/h4-8,16-18,22H,9-14H2,1-3H3,(H,21,24). The fourth-order valence-electron chi connectivity index (χ4n) is 4.28. The molecular weight excluding hydrogens is 298 g/mol. The monoisotopic (exact) mass is 329 g/mol. The summed E-state index contributed by atoms with van der Waals surface area (Å²) in [6.45, 7) is 7.36. The van der Waals surface area contributed by atoms with Crippen molar-refractivity contribution in [3.63, 3.8) is 0 Å². The molecule has 132 valence electrons. The van der Waals surface area contributed by atoms with Crippen LogP contribution in [0.1, 0.15) is 44.6 Å². The second-order valence-electron chi connectivity index (χ2n) is 7.96. The number of likely N-dealkylation sites (N-methyl/N-ethyl adjacent to an activating group) is 1. The molecule has 1 aromatic rings. The first-order valence-electron chi connectivity index (χ1n) is 9.24. The minimum Gasteiger partial charge on any atom is -0.358 e. The smallest absolute Gasteiger partial charge is 0.233 e. The van der Waals surface area contributed by atoms with Crippen LogP contribution in [0, 0.1) is 5.41 Å². The number of rotatable bonds is 5. The number of hydrogen-bond acceptors (Lipinski definition) is 3. The molecule has 2 aliphatic rings. The minimum absolute atomic E-state index is 0.118. The van der Waals surface area contributed by atoms with Crippen molar-refractivity contribution in [3.05, 3.63) is 35.9 Å². The molecule has 2 fully saturated rings. The predicted octanol–water partition coefficient (Wildman–Crippen LogP) is 2.37. The molecule has 0 aromatic heterocycles. The number of nitrogens with zero attached hydrogens (tertiary/aromatic N) is 1. The highest BCUT2D eigenvalue weighted by Crippen LogP contribution is 2.52. The van der Waals surface area contributed by atoms with Gasteiger partial charge in [-0.1, -0.05) is 44.2 Å². The topological polar surface area (TPSA) is 44.4 Å². The Balaban J connectivity index is 1.48. The van der Waals surface area contributed by atoms with Crippen LogP contribution in [0.3, 0.4) is 0 Å². The van der Waals surface area contributed by atoms with Gasteiger partial charge in [-0.3, -0.25) is 9.69 Å². The Morgan fingerprint density at radius 3 is 2.46 bits per heavy atom. The van der Waals surface area contributed by atoms with E-state index in [0.29, 0.717) is 30.0 Å². The van der Waals surface area contributed by atoms with E-state index in [-0.39, 0.29) is 5.91 Å². The number of carbonyl (C=O) groups excluding carboxylic acids is 1. The van der Waals surface area contributed by atoms with Gasteiger partial charge in [-0.25, -0.2) is 0 Å². The van der Waals surface area contributed by atoms with E-state index >= 15 is 0 Å². The van der Waals surface area contributed by atoms with E-state index in [1.54, 1.807) is 7.05 Å². The van der Waals surface area contributed by atoms with Crippen LogP contribution in [-0.4, -0.2) is 49.6 Å². The van der Waals surface area contributed by atoms with Gasteiger partial charge in [0.25, 0.3) is 0 Å². The van der Waals surface area contributed by atoms with Crippen LogP contribution in [0.15, 0.2) is 30.3 Å². The van der Waals surface area contributed by atoms with Crippen LogP contribution in [-0.2, 0) is 4.79 Å². The van der Waals surface area contributed by atoms with Gasteiger partial charge in [0.15, 0.2) is 0 Å². The van der Waals surface area contributed by atoms with Crippen molar-refractivity contribution in [1.82, 2.24) is 15.5 Å². The Morgan fingerprint density at radius 1 is 1.21 bits per heavy atom. The average molecular weight is 329 g/mol. The Kier molecular flexibility index (Phi) is 5.26. The highest BCUT2D eigenvalue weighted by Gasteiger charge is 2.49. The Hall–Kier alpha value is -1.39. The summed E-state index contributed by atoms with van der Waals surface area (Å²) in [5, 5.41) is 6.61. The number of benzene rings is 1. The molecular formula is C20H31N3O. The number of piperidine rings is 1. The Morgan fingerprint density at radius 2 is 1.88 bits per heavy atom. The first-order valence-corrected chi connectivity index (χ1v) is 9.24. The van der Waals surface area contributed by atoms with Gasteiger partial charge in [0.1, 0.15) is 0 Å². The van der Waals surface area contributed by atoms with Gasteiger partial charge in [0.05, 0.1) is 6.54 Å². The molecule has 1 aliphatic heterocycles. The molecule has 0 spiro atoms. The van der Waals surface area contributed by atoms with Gasteiger partial charge < -0.3 is 10.6 Å². The van der Waals surface area contributed by atoms with Crippen LogP contribution in [0.5, 0.6) is 0 Å². The molecule has 1 aliphatic carbocycles. The molecule has 0 radical (unpaired) electrons. The third-order valence-corrected chi connectivity index (χ3v) is 6.14. The average Bonchev–Trinajstić information content (AvgIpc) is 2.60. The normalized spacial score (nSPS) is 27.5. The molecule has 24 heavy (non-hydrogen) atoms. The summed E-state index contributed by atoms with van der Waals surface area (Å²) in [5.74, 6) is 0.775. The number of carbonyl (C=O) groups is 1. The van der Waals surface area contributed by atoms with E-state index in [4.69, 9.17) is 0 Å². The number of amides is 1. The summed E-state index contributed by atoms with van der Waals surface area (Å²) in [5.41, 5.74) is 1.78. The molecule has 1 saturated heterocycles. The van der Waals surface area contributed by atoms with E-state index in [0.717, 1.165) is 25.9 Å². The van der Waals surface area contributed by atoms with Crippen LogP contribution >= 0.6 is 0 Å². The molecule has 1 aromatic carbocycles. The third-order valence-electron chi connectivity index (χ3n) is 6.14. The first kappa shape index (κ1) is 17.4. The van der Waals surface area contributed by atoms with Crippen LogP contribution in [0.25, 0.3) is 0 Å². The van der Waals surface area contributed by atoms with Crippen LogP contribution < -0.4 is 10.6 Å². The zero-order valence-electron chi connectivity index (χ0n) is 15.2. The zero-order chi connectivity index (χ0) is 17.2. The van der Waals surface area contributed by atoms with Crippen molar-refractivity contribution in [2.75, 3.05) is 26.7 Å². The van der Waals surface area contributed by atoms with Gasteiger partial charge in [-0.2, -0.15) is 0 Å². The zero-order valence-corrected chi connectivity index (χ0v) is 15.2. The fourth-order valence-corrected chi connectivity index (χ4v) is 4.28. The van der Waals surface area contributed by atoms with E-state index in [1.165, 1.54) is 12.0 Å². The summed E-state index contributed by atoms with van der Waals surface area (Å²) >= 11 is 0. The van der Waals surface area contributed by atoms with Gasteiger partial charge in [0.2, 0.25) is 5.91 Å². The Labute approximate surface area is 146 Å². The molecule has 1 amide bonds. The maximum absolute atomic E-state index is 11.5. The molecule has 2 N–H and O–H groups in total. The second kappa shape index (κ2) is 7.24. The highest BCUT2D eigenvalue weighted by atomic mass is 16.1. The summed E-state index contributed by atoms with van der Waals surface area (Å²) in [6, 6.07) is 12.1. The molecule has 4 heteroatoms. The van der Waals surface area contributed by atoms with Crippen molar-refractivity contribution in [1.29, 1.82) is 0 Å². The molecule has 2 unspecified atom stereocenters. The first-order chi connectivity index (χ1) is 11.5. The van der Waals surface area contributed by atoms with E-state index < -0.39 is 0 Å². The molecule has 1 saturated carbocycles. The van der Waals surface area contributed by atoms with Crippen LogP contribution in [0.4, 0.5) is 0 Å². The molecule has 3 rings (SSSR count). The number of nitrogens with one attached hydrogen (secondary N) is 2. The molecule has 1 heterocycles. The third kappa shape index (κ3) is 3.65. The van der Waals surface area contributed by atoms with E-state index in [2.05, 4.69) is 59.7 Å². The van der Waals surface area contributed by atoms with E-state index in [1.807, 2.05) is 0 Å². The molecule has 0 bridgehead atoms. The number of likely N-dealkylation sites (tertiary alicyclic amines) is 1. The minimum atomic E-state index is 0.118. The maximum Gasteiger partial charge on any atom is 0.233 e. The predicted molar refractivity (Wildman–Crippen MR) is 98.0 cm³/mol. The highest BCUT2D eigenvalue weighted by molar-refractivity contribution is 5.77. The summed E-state index contributed by atoms with van der Waals surface area (Å²) in [4.78, 5) is 13.7. The lowest BCUT2D eigenvalue weighted by molar-refractivity contribution is -0.122. The maximum atomic E-state index is 11.5. The quantitative estimate of drug-likeness (QED) is 0.872. The van der Waals surface area contributed by atoms with Crippen LogP contribution in [0.2, 0.25) is 0 Å². The van der Waals surface area contributed by atoms with Crippen molar-refractivity contribution >= 4 is 5.91 Å². The number of hydrogen-bond donors (Lipinski definition) is 2. The lowest BCUT2D eigenvalue weighted by Crippen LogP contribution is -2.59. The van der Waals surface area contributed by atoms with Gasteiger partial charge >= 0.3 is 0 Å². The van der Waals surface area contributed by atoms with Crippen molar-refractivity contribution < 1.29 is 4.79 Å². The molecule has 4 nitrogen and oxygen atoms in total. The lowest BCUT2D eigenvalue weighted by atomic mass is 9.56. The van der Waals surface area contributed by atoms with Gasteiger partial charge in [-0.15, -0.1) is 0 Å². The van der Waals surface area contributed by atoms with Crippen molar-refractivity contribution in [2.24, 2.45) is 5.41 Å². The summed E-state index contributed by atoms with van der Waals surface area (Å²) in [7, 11) is 1.71. The van der Waals surface area contributed by atoms with Crippen molar-refractivity contribution in [2.45, 2.75) is 51.1 Å². The summed E-state index contributed by atoms with van der Waals surface area (Å²) in [6.07, 6.45) is 3.51. The summed E-state index contributed by atoms with van der Waals surface area (Å²) < 4.78 is 0. The lowest BCUT2D eigenvalue weighted by Gasteiger charge is -2.54.